The van der Waals surface area contributed by atoms with E-state index in [1.165, 1.54) is 22.5 Å². The van der Waals surface area contributed by atoms with E-state index in [1.54, 1.807) is 25.1 Å². The molecule has 0 saturated carbocycles. The van der Waals surface area contributed by atoms with Crippen molar-refractivity contribution in [3.05, 3.63) is 76.4 Å². The molecule has 0 bridgehead atoms. The molecule has 3 aromatic rings. The van der Waals surface area contributed by atoms with Crippen LogP contribution in [0, 0.1) is 32.5 Å². The van der Waals surface area contributed by atoms with Gasteiger partial charge in [0.05, 0.1) is 0 Å². The first-order valence-electron chi connectivity index (χ1n) is 11.4. The molecule has 9 heteroatoms. The van der Waals surface area contributed by atoms with Crippen molar-refractivity contribution in [1.82, 2.24) is 9.46 Å². The molecule has 0 atom stereocenters. The number of hydrogen-bond acceptors (Lipinski definition) is 5. The highest BCUT2D eigenvalue weighted by molar-refractivity contribution is 7.89. The monoisotopic (exact) mass is 497 g/mol. The molecule has 1 aliphatic rings. The molecule has 1 amide bonds. The van der Waals surface area contributed by atoms with Gasteiger partial charge >= 0.3 is 0 Å². The van der Waals surface area contributed by atoms with Crippen LogP contribution in [0.4, 0.5) is 10.1 Å². The molecule has 35 heavy (non-hydrogen) atoms. The van der Waals surface area contributed by atoms with Gasteiger partial charge in [-0.3, -0.25) is 4.79 Å². The number of halogens is 1. The minimum absolute atomic E-state index is 0.0388. The van der Waals surface area contributed by atoms with Gasteiger partial charge in [-0.2, -0.15) is 4.31 Å². The number of carbonyl (C=O) groups excluding carboxylic acids is 1. The SMILES string of the molecule is Cc1ccc(NC(=O)C2CCN(S(=O)(=O)c3c(C)noc3C=Cc3ccccc3F)CC2)cc1C. The summed E-state index contributed by atoms with van der Waals surface area (Å²) in [5.41, 5.74) is 3.51. The Morgan fingerprint density at radius 3 is 2.49 bits per heavy atom. The minimum Gasteiger partial charge on any atom is -0.355 e. The quantitative estimate of drug-likeness (QED) is 0.520. The van der Waals surface area contributed by atoms with E-state index in [-0.39, 0.29) is 41.3 Å². The van der Waals surface area contributed by atoms with Crippen LogP contribution in [0.25, 0.3) is 12.2 Å². The highest BCUT2D eigenvalue weighted by atomic mass is 32.2. The van der Waals surface area contributed by atoms with Crippen molar-refractivity contribution in [1.29, 1.82) is 0 Å². The summed E-state index contributed by atoms with van der Waals surface area (Å²) in [6, 6.07) is 11.9. The Morgan fingerprint density at radius 1 is 1.09 bits per heavy atom. The van der Waals surface area contributed by atoms with Crippen LogP contribution in [0.15, 0.2) is 51.9 Å². The second-order valence-electron chi connectivity index (χ2n) is 8.78. The van der Waals surface area contributed by atoms with Crippen LogP contribution in [-0.4, -0.2) is 36.9 Å². The number of benzene rings is 2. The molecule has 0 aliphatic carbocycles. The van der Waals surface area contributed by atoms with Crippen LogP contribution in [-0.2, 0) is 14.8 Å². The van der Waals surface area contributed by atoms with Crippen LogP contribution in [0.5, 0.6) is 0 Å². The molecular weight excluding hydrogens is 469 g/mol. The molecule has 1 N–H and O–H groups in total. The van der Waals surface area contributed by atoms with Gasteiger partial charge in [0.2, 0.25) is 15.9 Å². The maximum absolute atomic E-state index is 13.9. The Morgan fingerprint density at radius 2 is 1.80 bits per heavy atom. The number of sulfonamides is 1. The lowest BCUT2D eigenvalue weighted by Gasteiger charge is -2.30. The Hall–Kier alpha value is -3.30. The predicted molar refractivity (Wildman–Crippen MR) is 133 cm³/mol. The van der Waals surface area contributed by atoms with Crippen LogP contribution in [0.1, 0.15) is 41.0 Å². The number of aromatic nitrogens is 1. The molecule has 184 valence electrons. The smallest absolute Gasteiger partial charge is 0.248 e. The maximum Gasteiger partial charge on any atom is 0.248 e. The third-order valence-corrected chi connectivity index (χ3v) is 8.41. The zero-order chi connectivity index (χ0) is 25.2. The molecule has 1 aliphatic heterocycles. The second kappa shape index (κ2) is 10.1. The Bertz CT molecular complexity index is 1370. The van der Waals surface area contributed by atoms with E-state index < -0.39 is 15.8 Å². The first-order valence-corrected chi connectivity index (χ1v) is 12.9. The zero-order valence-corrected chi connectivity index (χ0v) is 20.7. The minimum atomic E-state index is -3.91. The van der Waals surface area contributed by atoms with Crippen molar-refractivity contribution < 1.29 is 22.1 Å². The number of nitrogens with one attached hydrogen (secondary N) is 1. The van der Waals surface area contributed by atoms with E-state index >= 15 is 0 Å². The largest absolute Gasteiger partial charge is 0.355 e. The van der Waals surface area contributed by atoms with Crippen LogP contribution >= 0.6 is 0 Å². The van der Waals surface area contributed by atoms with Crippen molar-refractivity contribution in [3.8, 4) is 0 Å². The standard InChI is InChI=1S/C26H28FN3O4S/c1-17-8-10-22(16-18(17)2)28-26(31)21-12-14-30(15-13-21)35(32,33)25-19(3)29-34-24(25)11-9-20-6-4-5-7-23(20)27/h4-11,16,21H,12-15H2,1-3H3,(H,28,31). The highest BCUT2D eigenvalue weighted by Gasteiger charge is 2.36. The van der Waals surface area contributed by atoms with Crippen LogP contribution in [0.3, 0.4) is 0 Å². The average molecular weight is 498 g/mol. The summed E-state index contributed by atoms with van der Waals surface area (Å²) in [6.07, 6.45) is 3.67. The normalized spacial score (nSPS) is 15.5. The second-order valence-corrected chi connectivity index (χ2v) is 10.7. The Kier molecular flexibility index (Phi) is 7.18. The molecule has 1 saturated heterocycles. The third kappa shape index (κ3) is 5.36. The lowest BCUT2D eigenvalue weighted by atomic mass is 9.97. The number of piperidine rings is 1. The molecule has 1 aromatic heterocycles. The summed E-state index contributed by atoms with van der Waals surface area (Å²) < 4.78 is 47.4. The molecular formula is C26H28FN3O4S. The van der Waals surface area contributed by atoms with Gasteiger partial charge in [0.25, 0.3) is 0 Å². The third-order valence-electron chi connectivity index (χ3n) is 6.35. The van der Waals surface area contributed by atoms with Crippen molar-refractivity contribution in [2.45, 2.75) is 38.5 Å². The van der Waals surface area contributed by atoms with Crippen LogP contribution in [0.2, 0.25) is 0 Å². The van der Waals surface area contributed by atoms with Gasteiger partial charge in [0.1, 0.15) is 11.5 Å². The number of rotatable bonds is 6. The molecule has 2 aromatic carbocycles. The van der Waals surface area contributed by atoms with Crippen LogP contribution < -0.4 is 5.32 Å². The van der Waals surface area contributed by atoms with Gasteiger partial charge in [0, 0.05) is 30.3 Å². The molecule has 4 rings (SSSR count). The molecule has 0 spiro atoms. The number of anilines is 1. The molecule has 2 heterocycles. The maximum atomic E-state index is 13.9. The fraction of sp³-hybridized carbons (Fsp3) is 0.308. The first kappa shape index (κ1) is 24.8. The van der Waals surface area contributed by atoms with E-state index in [0.29, 0.717) is 18.4 Å². The molecule has 1 fully saturated rings. The number of amides is 1. The fourth-order valence-corrected chi connectivity index (χ4v) is 5.85. The van der Waals surface area contributed by atoms with Gasteiger partial charge in [-0.05, 0) is 75.1 Å². The summed E-state index contributed by atoms with van der Waals surface area (Å²) in [5, 5.41) is 6.77. The van der Waals surface area contributed by atoms with Gasteiger partial charge in [-0.1, -0.05) is 29.4 Å². The lowest BCUT2D eigenvalue weighted by Crippen LogP contribution is -2.41. The fourth-order valence-electron chi connectivity index (χ4n) is 4.13. The van der Waals surface area contributed by atoms with Gasteiger partial charge in [-0.15, -0.1) is 0 Å². The van der Waals surface area contributed by atoms with E-state index in [4.69, 9.17) is 4.52 Å². The zero-order valence-electron chi connectivity index (χ0n) is 19.9. The number of nitrogens with zero attached hydrogens (tertiary/aromatic N) is 2. The Balaban J connectivity index is 1.45. The van der Waals surface area contributed by atoms with E-state index in [1.807, 2.05) is 32.0 Å². The van der Waals surface area contributed by atoms with E-state index in [9.17, 15) is 17.6 Å². The number of aryl methyl sites for hydroxylation is 3. The van der Waals surface area contributed by atoms with Crippen molar-refractivity contribution >= 4 is 33.8 Å². The van der Waals surface area contributed by atoms with Crippen molar-refractivity contribution in [2.75, 3.05) is 18.4 Å². The van der Waals surface area contributed by atoms with Gasteiger partial charge < -0.3 is 9.84 Å². The molecule has 7 nitrogen and oxygen atoms in total. The van der Waals surface area contributed by atoms with Crippen molar-refractivity contribution in [2.24, 2.45) is 5.92 Å². The van der Waals surface area contributed by atoms with Crippen molar-refractivity contribution in [3.63, 3.8) is 0 Å². The van der Waals surface area contributed by atoms with E-state index in [0.717, 1.165) is 16.8 Å². The number of hydrogen-bond donors (Lipinski definition) is 1. The molecule has 0 unspecified atom stereocenters. The van der Waals surface area contributed by atoms with Gasteiger partial charge in [-0.25, -0.2) is 12.8 Å². The topological polar surface area (TPSA) is 92.5 Å². The number of carbonyl (C=O) groups is 1. The summed E-state index contributed by atoms with van der Waals surface area (Å²) in [7, 11) is -3.91. The molecule has 0 radical (unpaired) electrons. The van der Waals surface area contributed by atoms with E-state index in [2.05, 4.69) is 10.5 Å². The Labute approximate surface area is 204 Å². The highest BCUT2D eigenvalue weighted by Crippen LogP contribution is 2.30. The summed E-state index contributed by atoms with van der Waals surface area (Å²) in [6.45, 7) is 5.96. The average Bonchev–Trinajstić information content (AvgIpc) is 3.22. The summed E-state index contributed by atoms with van der Waals surface area (Å²) in [4.78, 5) is 12.7. The van der Waals surface area contributed by atoms with Gasteiger partial charge in [0.15, 0.2) is 10.7 Å². The lowest BCUT2D eigenvalue weighted by molar-refractivity contribution is -0.120. The summed E-state index contributed by atoms with van der Waals surface area (Å²) in [5.74, 6) is -0.780. The predicted octanol–water partition coefficient (Wildman–Crippen LogP) is 4.95. The summed E-state index contributed by atoms with van der Waals surface area (Å²) >= 11 is 0. The first-order chi connectivity index (χ1) is 16.7.